The summed E-state index contributed by atoms with van der Waals surface area (Å²) in [5.74, 6) is 0.175. The zero-order chi connectivity index (χ0) is 23.5. The molecule has 7 heteroatoms. The van der Waals surface area contributed by atoms with Gasteiger partial charge in [0.25, 0.3) is 0 Å². The van der Waals surface area contributed by atoms with Gasteiger partial charge in [0, 0.05) is 13.1 Å². The van der Waals surface area contributed by atoms with E-state index in [1.54, 1.807) is 18.2 Å². The van der Waals surface area contributed by atoms with Crippen molar-refractivity contribution in [1.82, 2.24) is 19.7 Å². The molecule has 0 unspecified atom stereocenters. The molecule has 0 saturated carbocycles. The molecular formula is C27H25FN4OS. The quantitative estimate of drug-likeness (QED) is 0.362. The Morgan fingerprint density at radius 1 is 0.971 bits per heavy atom. The van der Waals surface area contributed by atoms with Crippen LogP contribution in [0.5, 0.6) is 0 Å². The van der Waals surface area contributed by atoms with Crippen molar-refractivity contribution in [3.05, 3.63) is 101 Å². The molecule has 1 amide bonds. The van der Waals surface area contributed by atoms with Gasteiger partial charge in [-0.2, -0.15) is 0 Å². The van der Waals surface area contributed by atoms with Crippen LogP contribution in [0.4, 0.5) is 4.39 Å². The molecule has 1 aliphatic heterocycles. The zero-order valence-corrected chi connectivity index (χ0v) is 19.7. The van der Waals surface area contributed by atoms with E-state index in [9.17, 15) is 9.18 Å². The van der Waals surface area contributed by atoms with Gasteiger partial charge >= 0.3 is 0 Å². The number of amides is 1. The maximum Gasteiger partial charge on any atom is 0.236 e. The van der Waals surface area contributed by atoms with Gasteiger partial charge in [-0.3, -0.25) is 9.36 Å². The van der Waals surface area contributed by atoms with Crippen LogP contribution in [-0.2, 0) is 24.3 Å². The highest BCUT2D eigenvalue weighted by atomic mass is 32.2. The molecule has 0 fully saturated rings. The van der Waals surface area contributed by atoms with Gasteiger partial charge in [-0.15, -0.1) is 10.2 Å². The third kappa shape index (κ3) is 4.61. The first-order chi connectivity index (χ1) is 16.6. The van der Waals surface area contributed by atoms with E-state index < -0.39 is 0 Å². The minimum Gasteiger partial charge on any atom is -0.337 e. The van der Waals surface area contributed by atoms with Crippen molar-refractivity contribution in [3.63, 3.8) is 0 Å². The van der Waals surface area contributed by atoms with Crippen molar-refractivity contribution < 1.29 is 9.18 Å². The van der Waals surface area contributed by atoms with Crippen molar-refractivity contribution >= 4 is 17.7 Å². The average Bonchev–Trinajstić information content (AvgIpc) is 3.25. The Labute approximate surface area is 202 Å². The van der Waals surface area contributed by atoms with E-state index in [0.29, 0.717) is 36.2 Å². The number of fused-ring (bicyclic) bond motifs is 1. The van der Waals surface area contributed by atoms with Gasteiger partial charge in [-0.1, -0.05) is 78.5 Å². The lowest BCUT2D eigenvalue weighted by Crippen LogP contribution is -2.40. The van der Waals surface area contributed by atoms with E-state index in [4.69, 9.17) is 0 Å². The third-order valence-electron chi connectivity index (χ3n) is 6.09. The Bertz CT molecular complexity index is 1310. The average molecular weight is 473 g/mol. The highest BCUT2D eigenvalue weighted by molar-refractivity contribution is 8.00. The van der Waals surface area contributed by atoms with Crippen LogP contribution in [0.1, 0.15) is 23.6 Å². The Morgan fingerprint density at radius 3 is 2.47 bits per heavy atom. The normalized spacial score (nSPS) is 14.0. The summed E-state index contributed by atoms with van der Waals surface area (Å²) in [6.07, 6.45) is 0.862. The summed E-state index contributed by atoms with van der Waals surface area (Å²) < 4.78 is 16.5. The summed E-state index contributed by atoms with van der Waals surface area (Å²) in [5.41, 5.74) is 3.95. The number of aromatic nitrogens is 3. The molecule has 0 spiro atoms. The summed E-state index contributed by atoms with van der Waals surface area (Å²) in [6.45, 7) is 3.71. The van der Waals surface area contributed by atoms with Gasteiger partial charge in [0.05, 0.1) is 17.4 Å². The third-order valence-corrected chi connectivity index (χ3v) is 7.16. The van der Waals surface area contributed by atoms with Gasteiger partial charge in [0.15, 0.2) is 11.0 Å². The van der Waals surface area contributed by atoms with Crippen LogP contribution in [0.3, 0.4) is 0 Å². The van der Waals surface area contributed by atoms with Gasteiger partial charge < -0.3 is 4.90 Å². The highest BCUT2D eigenvalue weighted by Gasteiger charge is 2.27. The van der Waals surface area contributed by atoms with E-state index in [1.165, 1.54) is 29.0 Å². The monoisotopic (exact) mass is 472 g/mol. The van der Waals surface area contributed by atoms with Crippen LogP contribution >= 0.6 is 11.8 Å². The van der Waals surface area contributed by atoms with Crippen molar-refractivity contribution in [2.75, 3.05) is 6.54 Å². The Morgan fingerprint density at radius 2 is 1.68 bits per heavy atom. The van der Waals surface area contributed by atoms with E-state index in [1.807, 2.05) is 58.9 Å². The Kier molecular flexibility index (Phi) is 6.45. The number of rotatable bonds is 6. The first-order valence-electron chi connectivity index (χ1n) is 11.3. The summed E-state index contributed by atoms with van der Waals surface area (Å²) >= 11 is 1.37. The number of nitrogens with zero attached hydrogens (tertiary/aromatic N) is 4. The first-order valence-corrected chi connectivity index (χ1v) is 12.2. The number of benzene rings is 3. The lowest BCUT2D eigenvalue weighted by molar-refractivity contribution is -0.131. The van der Waals surface area contributed by atoms with E-state index in [0.717, 1.165) is 12.0 Å². The Balaban J connectivity index is 1.41. The van der Waals surface area contributed by atoms with E-state index in [2.05, 4.69) is 22.3 Å². The second-order valence-electron chi connectivity index (χ2n) is 8.40. The van der Waals surface area contributed by atoms with Gasteiger partial charge in [0.1, 0.15) is 5.82 Å². The van der Waals surface area contributed by atoms with Gasteiger partial charge in [-0.25, -0.2) is 4.39 Å². The fraction of sp³-hybridized carbons (Fsp3) is 0.222. The molecule has 34 heavy (non-hydrogen) atoms. The molecule has 0 aliphatic carbocycles. The lowest BCUT2D eigenvalue weighted by atomic mass is 10.00. The molecule has 0 radical (unpaired) electrons. The zero-order valence-electron chi connectivity index (χ0n) is 18.9. The van der Waals surface area contributed by atoms with Gasteiger partial charge in [-0.05, 0) is 42.2 Å². The van der Waals surface area contributed by atoms with Crippen LogP contribution in [0.2, 0.25) is 0 Å². The summed E-state index contributed by atoms with van der Waals surface area (Å²) in [7, 11) is 0. The van der Waals surface area contributed by atoms with Crippen LogP contribution in [-0.4, -0.2) is 37.4 Å². The molecule has 1 atom stereocenters. The molecule has 1 aromatic heterocycles. The number of carbonyl (C=O) groups excluding carboxylic acids is 1. The molecular weight excluding hydrogens is 447 g/mol. The number of hydrogen-bond donors (Lipinski definition) is 0. The molecule has 3 aromatic carbocycles. The SMILES string of the molecule is C[C@@H](Sc1nnc(-c2ccccc2F)n1Cc1ccccc1)C(=O)N1CCc2ccccc2C1. The highest BCUT2D eigenvalue weighted by Crippen LogP contribution is 2.30. The van der Waals surface area contributed by atoms with Crippen molar-refractivity contribution in [1.29, 1.82) is 0 Å². The van der Waals surface area contributed by atoms with E-state index in [-0.39, 0.29) is 17.0 Å². The number of hydrogen-bond acceptors (Lipinski definition) is 4. The molecule has 0 bridgehead atoms. The van der Waals surface area contributed by atoms with Crippen molar-refractivity contribution in [2.24, 2.45) is 0 Å². The predicted molar refractivity (Wildman–Crippen MR) is 132 cm³/mol. The van der Waals surface area contributed by atoms with Crippen LogP contribution in [0, 0.1) is 5.82 Å². The molecule has 2 heterocycles. The molecule has 172 valence electrons. The topological polar surface area (TPSA) is 51.0 Å². The largest absolute Gasteiger partial charge is 0.337 e. The lowest BCUT2D eigenvalue weighted by Gasteiger charge is -2.30. The predicted octanol–water partition coefficient (Wildman–Crippen LogP) is 5.20. The minimum atomic E-state index is -0.350. The maximum absolute atomic E-state index is 14.6. The second-order valence-corrected chi connectivity index (χ2v) is 9.70. The smallest absolute Gasteiger partial charge is 0.236 e. The minimum absolute atomic E-state index is 0.0706. The second kappa shape index (κ2) is 9.81. The summed E-state index contributed by atoms with van der Waals surface area (Å²) in [4.78, 5) is 15.2. The summed E-state index contributed by atoms with van der Waals surface area (Å²) in [6, 6.07) is 24.8. The van der Waals surface area contributed by atoms with Crippen molar-refractivity contribution in [2.45, 2.75) is 36.8 Å². The Hall–Kier alpha value is -3.45. The first kappa shape index (κ1) is 22.3. The molecule has 0 N–H and O–H groups in total. The summed E-state index contributed by atoms with van der Waals surface area (Å²) in [5, 5.41) is 8.95. The standard InChI is InChI=1S/C27H25FN4OS/c1-19(26(33)31-16-15-21-11-5-6-12-22(21)18-31)34-27-30-29-25(23-13-7-8-14-24(23)28)32(27)17-20-9-3-2-4-10-20/h2-14,19H,15-18H2,1H3/t19-/m1/s1. The fourth-order valence-corrected chi connectivity index (χ4v) is 5.21. The van der Waals surface area contributed by atoms with E-state index >= 15 is 0 Å². The molecule has 0 saturated heterocycles. The molecule has 4 aromatic rings. The van der Waals surface area contributed by atoms with Crippen LogP contribution in [0.15, 0.2) is 84.0 Å². The number of halogens is 1. The molecule has 5 rings (SSSR count). The van der Waals surface area contributed by atoms with Crippen molar-refractivity contribution in [3.8, 4) is 11.4 Å². The fourth-order valence-electron chi connectivity index (χ4n) is 4.28. The molecule has 5 nitrogen and oxygen atoms in total. The molecule has 1 aliphatic rings. The number of carbonyl (C=O) groups is 1. The van der Waals surface area contributed by atoms with Crippen LogP contribution in [0.25, 0.3) is 11.4 Å². The van der Waals surface area contributed by atoms with Gasteiger partial charge in [0.2, 0.25) is 5.91 Å². The maximum atomic E-state index is 14.6. The van der Waals surface area contributed by atoms with Crippen LogP contribution < -0.4 is 0 Å². The number of thioether (sulfide) groups is 1.